The summed E-state index contributed by atoms with van der Waals surface area (Å²) >= 11 is 0. The van der Waals surface area contributed by atoms with E-state index < -0.39 is 8.80 Å². The van der Waals surface area contributed by atoms with E-state index in [2.05, 4.69) is 24.3 Å². The minimum Gasteiger partial charge on any atom is -0.373 e. The second-order valence-electron chi connectivity index (χ2n) is 4.50. The molecule has 2 aromatic carbocycles. The quantitative estimate of drug-likeness (QED) is 0.606. The van der Waals surface area contributed by atoms with E-state index in [0.29, 0.717) is 0 Å². The Morgan fingerprint density at radius 3 is 1.90 bits per heavy atom. The third-order valence-corrected chi connectivity index (χ3v) is 6.08. The monoisotopic (exact) mass is 300 g/mol. The second kappa shape index (κ2) is 7.33. The van der Waals surface area contributed by atoms with Crippen LogP contribution in [-0.2, 0) is 13.3 Å². The van der Waals surface area contributed by atoms with Gasteiger partial charge in [0.1, 0.15) is 0 Å². The van der Waals surface area contributed by atoms with Crippen LogP contribution in [-0.4, -0.2) is 30.1 Å². The van der Waals surface area contributed by atoms with Crippen molar-refractivity contribution in [2.45, 2.75) is 0 Å². The molecule has 0 heterocycles. The molecule has 0 saturated carbocycles. The summed E-state index contributed by atoms with van der Waals surface area (Å²) in [5, 5.41) is 0.963. The molecule has 0 N–H and O–H groups in total. The van der Waals surface area contributed by atoms with E-state index in [1.807, 2.05) is 42.5 Å². The molecule has 3 nitrogen and oxygen atoms in total. The van der Waals surface area contributed by atoms with Crippen LogP contribution in [0.4, 0.5) is 0 Å². The van der Waals surface area contributed by atoms with Gasteiger partial charge in [-0.25, -0.2) is 0 Å². The van der Waals surface area contributed by atoms with Gasteiger partial charge in [0.2, 0.25) is 0 Å². The molecule has 4 heteroatoms. The van der Waals surface area contributed by atoms with E-state index in [4.69, 9.17) is 13.3 Å². The van der Waals surface area contributed by atoms with Crippen molar-refractivity contribution in [2.24, 2.45) is 0 Å². The smallest absolute Gasteiger partial charge is 0.373 e. The third kappa shape index (κ3) is 3.48. The Morgan fingerprint density at radius 2 is 1.29 bits per heavy atom. The molecule has 0 spiro atoms. The van der Waals surface area contributed by atoms with Gasteiger partial charge in [0.15, 0.2) is 0 Å². The van der Waals surface area contributed by atoms with Gasteiger partial charge in [-0.15, -0.1) is 0 Å². The van der Waals surface area contributed by atoms with E-state index in [1.54, 1.807) is 21.3 Å². The first kappa shape index (κ1) is 15.7. The lowest BCUT2D eigenvalue weighted by molar-refractivity contribution is 0.140. The van der Waals surface area contributed by atoms with Crippen molar-refractivity contribution in [3.05, 3.63) is 65.7 Å². The molecule has 0 atom stereocenters. The SMILES string of the molecule is CO[Si](OC)(OC)c1ccccc1/C=C/c1ccccc1. The molecule has 110 valence electrons. The molecule has 0 aliphatic carbocycles. The van der Waals surface area contributed by atoms with Crippen molar-refractivity contribution in [3.8, 4) is 0 Å². The first-order chi connectivity index (χ1) is 10.3. The maximum Gasteiger partial charge on any atom is 0.537 e. The van der Waals surface area contributed by atoms with Crippen LogP contribution in [0, 0.1) is 0 Å². The molecule has 0 unspecified atom stereocenters. The van der Waals surface area contributed by atoms with Crippen LogP contribution in [0.5, 0.6) is 0 Å². The average molecular weight is 300 g/mol. The predicted octanol–water partition coefficient (Wildman–Crippen LogP) is 2.94. The van der Waals surface area contributed by atoms with E-state index in [-0.39, 0.29) is 0 Å². The number of hydrogen-bond donors (Lipinski definition) is 0. The molecule has 0 fully saturated rings. The summed E-state index contributed by atoms with van der Waals surface area (Å²) in [5.41, 5.74) is 2.19. The fraction of sp³-hybridized carbons (Fsp3) is 0.176. The Kier molecular flexibility index (Phi) is 5.47. The topological polar surface area (TPSA) is 27.7 Å². The van der Waals surface area contributed by atoms with Gasteiger partial charge >= 0.3 is 8.80 Å². The van der Waals surface area contributed by atoms with Crippen LogP contribution in [0.2, 0.25) is 0 Å². The van der Waals surface area contributed by atoms with Crippen molar-refractivity contribution >= 4 is 26.1 Å². The van der Waals surface area contributed by atoms with Gasteiger partial charge in [0.05, 0.1) is 0 Å². The molecule has 0 aromatic heterocycles. The number of rotatable bonds is 6. The highest BCUT2D eigenvalue weighted by Gasteiger charge is 2.42. The van der Waals surface area contributed by atoms with Gasteiger partial charge in [-0.1, -0.05) is 66.7 Å². The van der Waals surface area contributed by atoms with E-state index >= 15 is 0 Å². The summed E-state index contributed by atoms with van der Waals surface area (Å²) in [6.07, 6.45) is 4.13. The molecule has 2 aromatic rings. The second-order valence-corrected chi connectivity index (χ2v) is 7.38. The highest BCUT2D eigenvalue weighted by molar-refractivity contribution is 6.76. The summed E-state index contributed by atoms with van der Waals surface area (Å²) in [6, 6.07) is 18.2. The predicted molar refractivity (Wildman–Crippen MR) is 88.2 cm³/mol. The van der Waals surface area contributed by atoms with E-state index in [1.165, 1.54) is 0 Å². The number of benzene rings is 2. The van der Waals surface area contributed by atoms with Crippen LogP contribution < -0.4 is 5.19 Å². The normalized spacial score (nSPS) is 12.0. The van der Waals surface area contributed by atoms with Crippen LogP contribution in [0.1, 0.15) is 11.1 Å². The summed E-state index contributed by atoms with van der Waals surface area (Å²) in [5.74, 6) is 0. The first-order valence-corrected chi connectivity index (χ1v) is 8.46. The molecule has 0 radical (unpaired) electrons. The zero-order valence-electron chi connectivity index (χ0n) is 12.6. The maximum absolute atomic E-state index is 5.58. The number of hydrogen-bond acceptors (Lipinski definition) is 3. The molecule has 0 amide bonds. The van der Waals surface area contributed by atoms with Crippen LogP contribution in [0.3, 0.4) is 0 Å². The van der Waals surface area contributed by atoms with Crippen molar-refractivity contribution < 1.29 is 13.3 Å². The van der Waals surface area contributed by atoms with E-state index in [9.17, 15) is 0 Å². The lowest BCUT2D eigenvalue weighted by atomic mass is 10.1. The Hall–Kier alpha value is -1.72. The molecule has 0 bridgehead atoms. The Labute approximate surface area is 127 Å². The Bertz CT molecular complexity index is 584. The maximum atomic E-state index is 5.58. The summed E-state index contributed by atoms with van der Waals surface area (Å²) < 4.78 is 16.7. The van der Waals surface area contributed by atoms with E-state index in [0.717, 1.165) is 16.3 Å². The van der Waals surface area contributed by atoms with Crippen LogP contribution >= 0.6 is 0 Å². The fourth-order valence-corrected chi connectivity index (χ4v) is 4.23. The van der Waals surface area contributed by atoms with Gasteiger partial charge in [-0.05, 0) is 11.1 Å². The molecule has 0 aliphatic heterocycles. The highest BCUT2D eigenvalue weighted by Crippen LogP contribution is 2.13. The van der Waals surface area contributed by atoms with Crippen molar-refractivity contribution in [2.75, 3.05) is 21.3 Å². The average Bonchev–Trinajstić information content (AvgIpc) is 2.57. The van der Waals surface area contributed by atoms with Gasteiger partial charge in [0, 0.05) is 26.5 Å². The van der Waals surface area contributed by atoms with Crippen molar-refractivity contribution in [3.63, 3.8) is 0 Å². The summed E-state index contributed by atoms with van der Waals surface area (Å²) in [4.78, 5) is 0. The third-order valence-electron chi connectivity index (χ3n) is 3.35. The molecular weight excluding hydrogens is 280 g/mol. The van der Waals surface area contributed by atoms with Crippen molar-refractivity contribution in [1.82, 2.24) is 0 Å². The van der Waals surface area contributed by atoms with Gasteiger partial charge in [-0.2, -0.15) is 0 Å². The Balaban J connectivity index is 2.39. The molecule has 2 rings (SSSR count). The zero-order valence-corrected chi connectivity index (χ0v) is 13.6. The molecule has 0 aliphatic rings. The highest BCUT2D eigenvalue weighted by atomic mass is 28.4. The standard InChI is InChI=1S/C17H20O3Si/c1-18-21(19-2,20-3)17-12-8-7-11-16(17)14-13-15-9-5-4-6-10-15/h4-14H,1-3H3/b14-13+. The molecule has 0 saturated heterocycles. The van der Waals surface area contributed by atoms with Crippen LogP contribution in [0.25, 0.3) is 12.2 Å². The van der Waals surface area contributed by atoms with Crippen molar-refractivity contribution in [1.29, 1.82) is 0 Å². The lowest BCUT2D eigenvalue weighted by Crippen LogP contribution is -2.55. The zero-order chi connectivity index (χ0) is 15.1. The minimum atomic E-state index is -2.83. The molecular formula is C17H20O3Si. The summed E-state index contributed by atoms with van der Waals surface area (Å²) in [7, 11) is 2.04. The first-order valence-electron chi connectivity index (χ1n) is 6.74. The largest absolute Gasteiger partial charge is 0.537 e. The molecule has 21 heavy (non-hydrogen) atoms. The lowest BCUT2D eigenvalue weighted by Gasteiger charge is -2.25. The van der Waals surface area contributed by atoms with Gasteiger partial charge < -0.3 is 13.3 Å². The van der Waals surface area contributed by atoms with Crippen LogP contribution in [0.15, 0.2) is 54.6 Å². The fourth-order valence-electron chi connectivity index (χ4n) is 2.25. The van der Waals surface area contributed by atoms with Gasteiger partial charge in [-0.3, -0.25) is 0 Å². The summed E-state index contributed by atoms with van der Waals surface area (Å²) in [6.45, 7) is 0. The minimum absolute atomic E-state index is 0.963. The Morgan fingerprint density at radius 1 is 0.714 bits per heavy atom. The van der Waals surface area contributed by atoms with Gasteiger partial charge in [0.25, 0.3) is 0 Å².